The average molecular weight is 400 g/mol. The number of anilines is 2. The van der Waals surface area contributed by atoms with Crippen LogP contribution in [0.15, 0.2) is 60.9 Å². The lowest BCUT2D eigenvalue weighted by Crippen LogP contribution is -2.19. The molecule has 1 aliphatic heterocycles. The first-order valence-electron chi connectivity index (χ1n) is 9.82. The van der Waals surface area contributed by atoms with Gasteiger partial charge in [0.05, 0.1) is 12.2 Å². The number of rotatable bonds is 6. The maximum atomic E-state index is 11.5. The van der Waals surface area contributed by atoms with Crippen LogP contribution in [0.3, 0.4) is 0 Å². The summed E-state index contributed by atoms with van der Waals surface area (Å²) >= 11 is 0. The number of benzene rings is 2. The number of carbonyl (C=O) groups is 1. The number of ether oxygens (including phenoxy) is 1. The first-order valence-corrected chi connectivity index (χ1v) is 9.82. The fourth-order valence-electron chi connectivity index (χ4n) is 3.49. The Morgan fingerprint density at radius 2 is 2.00 bits per heavy atom. The summed E-state index contributed by atoms with van der Waals surface area (Å²) in [4.78, 5) is 20.3. The van der Waals surface area contributed by atoms with E-state index in [-0.39, 0.29) is 5.91 Å². The maximum Gasteiger partial charge on any atom is 0.254 e. The number of aryl methyl sites for hydroxylation is 1. The van der Waals surface area contributed by atoms with Gasteiger partial charge < -0.3 is 15.4 Å². The van der Waals surface area contributed by atoms with Crippen LogP contribution in [-0.2, 0) is 11.2 Å². The van der Waals surface area contributed by atoms with Crippen LogP contribution in [0.5, 0.6) is 5.75 Å². The van der Waals surface area contributed by atoms with Gasteiger partial charge in [0, 0.05) is 23.7 Å². The van der Waals surface area contributed by atoms with Gasteiger partial charge in [-0.05, 0) is 30.2 Å². The molecule has 0 fully saturated rings. The smallest absolute Gasteiger partial charge is 0.254 e. The standard InChI is InChI=1S/C22H20N6O2/c29-21-9-6-16-12-17(7-8-18(16)26-21)30-11-10-23-20-13-19(15-4-2-1-3-5-15)27-22-24-14-25-28(20)22/h1-5,7-8,12-14,23H,6,9-11H2,(H,26,29). The van der Waals surface area contributed by atoms with Crippen LogP contribution < -0.4 is 15.4 Å². The van der Waals surface area contributed by atoms with E-state index in [1.54, 1.807) is 4.52 Å². The second-order valence-corrected chi connectivity index (χ2v) is 7.01. The van der Waals surface area contributed by atoms with E-state index in [0.717, 1.165) is 40.5 Å². The van der Waals surface area contributed by atoms with E-state index in [2.05, 4.69) is 25.7 Å². The Morgan fingerprint density at radius 1 is 1.10 bits per heavy atom. The summed E-state index contributed by atoms with van der Waals surface area (Å²) in [6.45, 7) is 1.06. The number of amides is 1. The summed E-state index contributed by atoms with van der Waals surface area (Å²) in [5, 5.41) is 10.5. The van der Waals surface area contributed by atoms with Crippen LogP contribution in [0.4, 0.5) is 11.5 Å². The highest BCUT2D eigenvalue weighted by atomic mass is 16.5. The molecule has 8 heteroatoms. The topological polar surface area (TPSA) is 93.4 Å². The minimum Gasteiger partial charge on any atom is -0.492 e. The highest BCUT2D eigenvalue weighted by molar-refractivity contribution is 5.94. The number of hydrogen-bond donors (Lipinski definition) is 2. The summed E-state index contributed by atoms with van der Waals surface area (Å²) in [5.74, 6) is 2.19. The van der Waals surface area contributed by atoms with Gasteiger partial charge in [0.25, 0.3) is 5.78 Å². The van der Waals surface area contributed by atoms with Gasteiger partial charge >= 0.3 is 0 Å². The summed E-state index contributed by atoms with van der Waals surface area (Å²) < 4.78 is 7.57. The molecular weight excluding hydrogens is 380 g/mol. The fraction of sp³-hybridized carbons (Fsp3) is 0.182. The van der Waals surface area contributed by atoms with Gasteiger partial charge in [0.15, 0.2) is 0 Å². The minimum atomic E-state index is 0.0621. The van der Waals surface area contributed by atoms with Crippen molar-refractivity contribution in [3.05, 3.63) is 66.5 Å². The second kappa shape index (κ2) is 7.82. The first-order chi connectivity index (χ1) is 14.8. The summed E-state index contributed by atoms with van der Waals surface area (Å²) in [6.07, 6.45) is 2.74. The quantitative estimate of drug-likeness (QED) is 0.483. The highest BCUT2D eigenvalue weighted by Crippen LogP contribution is 2.27. The lowest BCUT2D eigenvalue weighted by atomic mass is 10.0. The van der Waals surface area contributed by atoms with Crippen LogP contribution >= 0.6 is 0 Å². The number of fused-ring (bicyclic) bond motifs is 2. The van der Waals surface area contributed by atoms with Crippen molar-refractivity contribution in [2.24, 2.45) is 0 Å². The van der Waals surface area contributed by atoms with Crippen LogP contribution in [0, 0.1) is 0 Å². The van der Waals surface area contributed by atoms with Gasteiger partial charge in [0.1, 0.15) is 24.5 Å². The van der Waals surface area contributed by atoms with E-state index in [9.17, 15) is 4.79 Å². The third kappa shape index (κ3) is 3.67. The van der Waals surface area contributed by atoms with Crippen molar-refractivity contribution >= 4 is 23.2 Å². The molecule has 0 radical (unpaired) electrons. The van der Waals surface area contributed by atoms with Crippen molar-refractivity contribution in [3.8, 4) is 17.0 Å². The molecule has 3 heterocycles. The number of nitrogens with one attached hydrogen (secondary N) is 2. The Kier molecular flexibility index (Phi) is 4.72. The summed E-state index contributed by atoms with van der Waals surface area (Å²) in [7, 11) is 0. The number of nitrogens with zero attached hydrogens (tertiary/aromatic N) is 4. The van der Waals surface area contributed by atoms with Crippen molar-refractivity contribution in [1.29, 1.82) is 0 Å². The Bertz CT molecular complexity index is 1200. The normalized spacial score (nSPS) is 13.0. The van der Waals surface area contributed by atoms with Crippen molar-refractivity contribution in [1.82, 2.24) is 19.6 Å². The highest BCUT2D eigenvalue weighted by Gasteiger charge is 2.15. The van der Waals surface area contributed by atoms with Gasteiger partial charge in [-0.15, -0.1) is 0 Å². The van der Waals surface area contributed by atoms with Crippen molar-refractivity contribution in [3.63, 3.8) is 0 Å². The number of aromatic nitrogens is 4. The maximum absolute atomic E-state index is 11.5. The van der Waals surface area contributed by atoms with E-state index >= 15 is 0 Å². The number of hydrogen-bond acceptors (Lipinski definition) is 6. The molecule has 8 nitrogen and oxygen atoms in total. The third-order valence-corrected chi connectivity index (χ3v) is 4.97. The zero-order valence-corrected chi connectivity index (χ0v) is 16.2. The average Bonchev–Trinajstić information content (AvgIpc) is 3.26. The molecule has 4 aromatic rings. The Labute approximate surface area is 172 Å². The molecule has 0 atom stereocenters. The lowest BCUT2D eigenvalue weighted by Gasteiger charge is -2.18. The Balaban J connectivity index is 1.27. The van der Waals surface area contributed by atoms with E-state index in [4.69, 9.17) is 4.74 Å². The van der Waals surface area contributed by atoms with Gasteiger partial charge in [-0.2, -0.15) is 14.6 Å². The molecule has 0 bridgehead atoms. The molecule has 0 spiro atoms. The molecule has 5 rings (SSSR count). The molecule has 2 aromatic heterocycles. The van der Waals surface area contributed by atoms with Crippen LogP contribution in [0.1, 0.15) is 12.0 Å². The van der Waals surface area contributed by atoms with Gasteiger partial charge in [-0.25, -0.2) is 4.98 Å². The summed E-state index contributed by atoms with van der Waals surface area (Å²) in [6, 6.07) is 17.7. The van der Waals surface area contributed by atoms with Crippen LogP contribution in [0.2, 0.25) is 0 Å². The molecule has 1 amide bonds. The predicted octanol–water partition coefficient (Wildman–Crippen LogP) is 3.17. The molecule has 30 heavy (non-hydrogen) atoms. The molecule has 1 aliphatic rings. The van der Waals surface area contributed by atoms with Gasteiger partial charge in [0.2, 0.25) is 5.91 Å². The van der Waals surface area contributed by atoms with Gasteiger partial charge in [-0.1, -0.05) is 30.3 Å². The minimum absolute atomic E-state index is 0.0621. The molecule has 2 N–H and O–H groups in total. The SMILES string of the molecule is O=C1CCc2cc(OCCNc3cc(-c4ccccc4)nc4ncnn34)ccc2N1. The molecule has 2 aromatic carbocycles. The van der Waals surface area contributed by atoms with E-state index < -0.39 is 0 Å². The second-order valence-electron chi connectivity index (χ2n) is 7.01. The lowest BCUT2D eigenvalue weighted by molar-refractivity contribution is -0.116. The first kappa shape index (κ1) is 18.1. The fourth-order valence-corrected chi connectivity index (χ4v) is 3.49. The molecule has 0 aliphatic carbocycles. The van der Waals surface area contributed by atoms with Crippen molar-refractivity contribution in [2.75, 3.05) is 23.8 Å². The molecule has 0 saturated heterocycles. The number of carbonyl (C=O) groups excluding carboxylic acids is 1. The Hall–Kier alpha value is -3.94. The molecule has 0 unspecified atom stereocenters. The largest absolute Gasteiger partial charge is 0.492 e. The van der Waals surface area contributed by atoms with Crippen LogP contribution in [0.25, 0.3) is 17.0 Å². The molecule has 150 valence electrons. The molecular formula is C22H20N6O2. The van der Waals surface area contributed by atoms with Crippen molar-refractivity contribution in [2.45, 2.75) is 12.8 Å². The van der Waals surface area contributed by atoms with E-state index in [1.165, 1.54) is 6.33 Å². The molecule has 0 saturated carbocycles. The zero-order valence-electron chi connectivity index (χ0n) is 16.2. The zero-order chi connectivity index (χ0) is 20.3. The van der Waals surface area contributed by atoms with E-state index in [1.807, 2.05) is 54.6 Å². The van der Waals surface area contributed by atoms with Crippen molar-refractivity contribution < 1.29 is 9.53 Å². The van der Waals surface area contributed by atoms with Gasteiger partial charge in [-0.3, -0.25) is 4.79 Å². The summed E-state index contributed by atoms with van der Waals surface area (Å²) in [5.41, 5.74) is 3.82. The Morgan fingerprint density at radius 3 is 2.90 bits per heavy atom. The third-order valence-electron chi connectivity index (χ3n) is 4.97. The van der Waals surface area contributed by atoms with E-state index in [0.29, 0.717) is 25.4 Å². The monoisotopic (exact) mass is 400 g/mol. The predicted molar refractivity (Wildman–Crippen MR) is 114 cm³/mol. The van der Waals surface area contributed by atoms with Crippen LogP contribution in [-0.4, -0.2) is 38.6 Å².